The van der Waals surface area contributed by atoms with Crippen molar-refractivity contribution in [3.63, 3.8) is 0 Å². The van der Waals surface area contributed by atoms with Crippen molar-refractivity contribution in [2.75, 3.05) is 0 Å². The maximum Gasteiger partial charge on any atom is 0.240 e. The Morgan fingerprint density at radius 2 is 1.95 bits per heavy atom. The van der Waals surface area contributed by atoms with Gasteiger partial charge in [-0.2, -0.15) is 0 Å². The first-order valence-corrected chi connectivity index (χ1v) is 9.48. The molecule has 1 aliphatic heterocycles. The van der Waals surface area contributed by atoms with Gasteiger partial charge in [0.15, 0.2) is 0 Å². The second-order valence-electron chi connectivity index (χ2n) is 6.26. The van der Waals surface area contributed by atoms with Gasteiger partial charge in [-0.3, -0.25) is 0 Å². The summed E-state index contributed by atoms with van der Waals surface area (Å²) in [5, 5.41) is 0.355. The molecule has 1 unspecified atom stereocenters. The molecule has 7 heteroatoms. The maximum absolute atomic E-state index is 12.6. The predicted octanol–water partition coefficient (Wildman–Crippen LogP) is 2.21. The Hall–Kier alpha value is -0.820. The summed E-state index contributed by atoms with van der Waals surface area (Å²) in [6, 6.07) is 3.28. The molecular formula is C15H21ClN2O3S. The number of halogens is 1. The predicted molar refractivity (Wildman–Crippen MR) is 85.8 cm³/mol. The highest BCUT2D eigenvalue weighted by Crippen LogP contribution is 2.38. The topological polar surface area (TPSA) is 81.4 Å². The molecule has 1 atom stereocenters. The minimum absolute atomic E-state index is 0.0262. The molecule has 0 aromatic heterocycles. The summed E-state index contributed by atoms with van der Waals surface area (Å²) in [7, 11) is -3.57. The van der Waals surface area contributed by atoms with E-state index in [2.05, 4.69) is 4.72 Å². The van der Waals surface area contributed by atoms with E-state index in [1.165, 1.54) is 6.07 Å². The molecule has 1 heterocycles. The van der Waals surface area contributed by atoms with Crippen LogP contribution < -0.4 is 15.2 Å². The van der Waals surface area contributed by atoms with Crippen LogP contribution in [0.1, 0.15) is 38.2 Å². The Balaban J connectivity index is 1.81. The molecule has 2 aliphatic rings. The number of nitrogens with one attached hydrogen (secondary N) is 1. The van der Waals surface area contributed by atoms with Gasteiger partial charge in [0.2, 0.25) is 10.0 Å². The van der Waals surface area contributed by atoms with Crippen molar-refractivity contribution in [3.8, 4) is 5.75 Å². The fraction of sp³-hybridized carbons (Fsp3) is 0.600. The number of hydrogen-bond acceptors (Lipinski definition) is 4. The van der Waals surface area contributed by atoms with Crippen molar-refractivity contribution in [2.24, 2.45) is 5.73 Å². The average Bonchev–Trinajstić information content (AvgIpc) is 2.82. The third-order valence-electron chi connectivity index (χ3n) is 4.32. The van der Waals surface area contributed by atoms with Crippen LogP contribution in [0.5, 0.6) is 5.75 Å². The number of sulfonamides is 1. The number of ether oxygens (including phenoxy) is 1. The lowest BCUT2D eigenvalue weighted by atomic mass is 9.93. The Bertz CT molecular complexity index is 670. The molecule has 3 rings (SSSR count). The first-order valence-electron chi connectivity index (χ1n) is 7.62. The quantitative estimate of drug-likeness (QED) is 0.880. The van der Waals surface area contributed by atoms with Gasteiger partial charge in [-0.1, -0.05) is 11.6 Å². The third-order valence-corrected chi connectivity index (χ3v) is 6.11. The van der Waals surface area contributed by atoms with Gasteiger partial charge >= 0.3 is 0 Å². The van der Waals surface area contributed by atoms with Crippen molar-refractivity contribution in [1.82, 2.24) is 4.72 Å². The molecule has 1 aromatic rings. The van der Waals surface area contributed by atoms with Crippen LogP contribution in [-0.4, -0.2) is 26.6 Å². The largest absolute Gasteiger partial charge is 0.489 e. The standard InChI is InChI=1S/C15H21ClN2O3S/c1-9-6-10-7-13(8-14(16)15(10)21-9)22(19,20)18-12-4-2-11(17)3-5-12/h7-9,11-12,18H,2-6,17H2,1H3. The summed E-state index contributed by atoms with van der Waals surface area (Å²) < 4.78 is 33.5. The van der Waals surface area contributed by atoms with Crippen molar-refractivity contribution < 1.29 is 13.2 Å². The Kier molecular flexibility index (Phi) is 4.38. The van der Waals surface area contributed by atoms with Gasteiger partial charge in [-0.15, -0.1) is 0 Å². The van der Waals surface area contributed by atoms with Crippen molar-refractivity contribution in [1.29, 1.82) is 0 Å². The number of hydrogen-bond donors (Lipinski definition) is 2. The molecule has 5 nitrogen and oxygen atoms in total. The van der Waals surface area contributed by atoms with Gasteiger partial charge in [-0.05, 0) is 44.7 Å². The van der Waals surface area contributed by atoms with E-state index in [0.717, 1.165) is 31.2 Å². The summed E-state index contributed by atoms with van der Waals surface area (Å²) in [4.78, 5) is 0.212. The summed E-state index contributed by atoms with van der Waals surface area (Å²) in [6.45, 7) is 1.94. The van der Waals surface area contributed by atoms with Gasteiger partial charge in [0, 0.05) is 24.1 Å². The van der Waals surface area contributed by atoms with Crippen molar-refractivity contribution in [2.45, 2.75) is 62.1 Å². The zero-order chi connectivity index (χ0) is 15.9. The minimum Gasteiger partial charge on any atom is -0.489 e. The number of nitrogens with two attached hydrogens (primary N) is 1. The molecule has 0 radical (unpaired) electrons. The second kappa shape index (κ2) is 6.00. The van der Waals surface area contributed by atoms with Gasteiger partial charge in [0.25, 0.3) is 0 Å². The number of rotatable bonds is 3. The molecular weight excluding hydrogens is 324 g/mol. The highest BCUT2D eigenvalue weighted by Gasteiger charge is 2.28. The van der Waals surface area contributed by atoms with Gasteiger partial charge in [-0.25, -0.2) is 13.1 Å². The van der Waals surface area contributed by atoms with E-state index in [-0.39, 0.29) is 23.1 Å². The van der Waals surface area contributed by atoms with Crippen LogP contribution >= 0.6 is 11.6 Å². The lowest BCUT2D eigenvalue weighted by Gasteiger charge is -2.26. The SMILES string of the molecule is CC1Cc2cc(S(=O)(=O)NC3CCC(N)CC3)cc(Cl)c2O1. The molecule has 1 fully saturated rings. The highest BCUT2D eigenvalue weighted by molar-refractivity contribution is 7.89. The van der Waals surface area contributed by atoms with Gasteiger partial charge in [0.05, 0.1) is 9.92 Å². The van der Waals surface area contributed by atoms with E-state index in [4.69, 9.17) is 22.1 Å². The zero-order valence-electron chi connectivity index (χ0n) is 12.5. The van der Waals surface area contributed by atoms with Crippen LogP contribution in [0.4, 0.5) is 0 Å². The summed E-state index contributed by atoms with van der Waals surface area (Å²) >= 11 is 6.17. The van der Waals surface area contributed by atoms with Crippen LogP contribution in [0.15, 0.2) is 17.0 Å². The summed E-state index contributed by atoms with van der Waals surface area (Å²) in [6.07, 6.45) is 3.96. The van der Waals surface area contributed by atoms with E-state index in [1.807, 2.05) is 6.92 Å². The molecule has 1 aromatic carbocycles. The molecule has 0 saturated heterocycles. The van der Waals surface area contributed by atoms with E-state index in [1.54, 1.807) is 6.07 Å². The van der Waals surface area contributed by atoms with E-state index in [9.17, 15) is 8.42 Å². The lowest BCUT2D eigenvalue weighted by Crippen LogP contribution is -2.40. The van der Waals surface area contributed by atoms with Gasteiger partial charge in [0.1, 0.15) is 11.9 Å². The van der Waals surface area contributed by atoms with Crippen molar-refractivity contribution >= 4 is 21.6 Å². The molecule has 1 aliphatic carbocycles. The van der Waals surface area contributed by atoms with Gasteiger partial charge < -0.3 is 10.5 Å². The Morgan fingerprint density at radius 3 is 2.64 bits per heavy atom. The molecule has 0 spiro atoms. The Morgan fingerprint density at radius 1 is 1.27 bits per heavy atom. The normalized spacial score (nSPS) is 28.2. The fourth-order valence-electron chi connectivity index (χ4n) is 3.14. The fourth-order valence-corrected chi connectivity index (χ4v) is 4.87. The molecule has 0 amide bonds. The first-order chi connectivity index (χ1) is 10.3. The molecule has 22 heavy (non-hydrogen) atoms. The second-order valence-corrected chi connectivity index (χ2v) is 8.38. The van der Waals surface area contributed by atoms with Crippen molar-refractivity contribution in [3.05, 3.63) is 22.7 Å². The Labute approximate surface area is 136 Å². The highest BCUT2D eigenvalue weighted by atomic mass is 35.5. The van der Waals surface area contributed by atoms with E-state index < -0.39 is 10.0 Å². The first kappa shape index (κ1) is 16.1. The smallest absolute Gasteiger partial charge is 0.240 e. The van der Waals surface area contributed by atoms with Crippen LogP contribution in [0.25, 0.3) is 0 Å². The average molecular weight is 345 g/mol. The molecule has 0 bridgehead atoms. The minimum atomic E-state index is -3.57. The number of benzene rings is 1. The monoisotopic (exact) mass is 344 g/mol. The lowest BCUT2D eigenvalue weighted by molar-refractivity contribution is 0.255. The third kappa shape index (κ3) is 3.25. The van der Waals surface area contributed by atoms with E-state index in [0.29, 0.717) is 17.2 Å². The molecule has 3 N–H and O–H groups in total. The summed E-state index contributed by atoms with van der Waals surface area (Å²) in [5.74, 6) is 0.608. The van der Waals surface area contributed by atoms with Crippen LogP contribution in [0.3, 0.4) is 0 Å². The molecule has 1 saturated carbocycles. The maximum atomic E-state index is 12.6. The van der Waals surface area contributed by atoms with Crippen LogP contribution in [0.2, 0.25) is 5.02 Å². The number of fused-ring (bicyclic) bond motifs is 1. The van der Waals surface area contributed by atoms with E-state index >= 15 is 0 Å². The molecule has 122 valence electrons. The summed E-state index contributed by atoms with van der Waals surface area (Å²) in [5.41, 5.74) is 6.71. The van der Waals surface area contributed by atoms with Crippen LogP contribution in [-0.2, 0) is 16.4 Å². The van der Waals surface area contributed by atoms with Crippen LogP contribution in [0, 0.1) is 0 Å². The zero-order valence-corrected chi connectivity index (χ0v) is 14.1.